The molecule has 6 nitrogen and oxygen atoms in total. The Morgan fingerprint density at radius 2 is 1.39 bits per heavy atom. The lowest BCUT2D eigenvalue weighted by Gasteiger charge is -2.36. The van der Waals surface area contributed by atoms with E-state index in [0.29, 0.717) is 0 Å². The monoisotopic (exact) mass is 372 g/mol. The maximum Gasteiger partial charge on any atom is 0.247 e. The first kappa shape index (κ1) is 17.0. The molecule has 2 aliphatic heterocycles. The van der Waals surface area contributed by atoms with E-state index >= 15 is 0 Å². The van der Waals surface area contributed by atoms with E-state index in [0.717, 1.165) is 57.5 Å². The van der Waals surface area contributed by atoms with Gasteiger partial charge in [0.15, 0.2) is 5.82 Å². The molecule has 2 aromatic carbocycles. The quantitative estimate of drug-likeness (QED) is 0.705. The highest BCUT2D eigenvalue weighted by molar-refractivity contribution is 5.49. The van der Waals surface area contributed by atoms with Crippen molar-refractivity contribution in [2.24, 2.45) is 0 Å². The zero-order valence-electron chi connectivity index (χ0n) is 15.9. The molecule has 5 rings (SSSR count). The van der Waals surface area contributed by atoms with E-state index in [2.05, 4.69) is 79.5 Å². The third kappa shape index (κ3) is 3.38. The van der Waals surface area contributed by atoms with Gasteiger partial charge in [-0.25, -0.2) is 0 Å². The van der Waals surface area contributed by atoms with E-state index in [9.17, 15) is 0 Å². The zero-order chi connectivity index (χ0) is 18.8. The highest BCUT2D eigenvalue weighted by Gasteiger charge is 2.22. The summed E-state index contributed by atoms with van der Waals surface area (Å²) < 4.78 is 0. The van der Waals surface area contributed by atoms with Crippen molar-refractivity contribution in [1.82, 2.24) is 15.2 Å². The first-order valence-corrected chi connectivity index (χ1v) is 9.93. The second-order valence-electron chi connectivity index (χ2n) is 7.36. The largest absolute Gasteiger partial charge is 0.368 e. The van der Waals surface area contributed by atoms with E-state index in [4.69, 9.17) is 4.98 Å². The average molecular weight is 372 g/mol. The molecule has 0 spiro atoms. The second kappa shape index (κ2) is 7.46. The van der Waals surface area contributed by atoms with E-state index in [1.165, 1.54) is 16.8 Å². The van der Waals surface area contributed by atoms with Gasteiger partial charge in [-0.3, -0.25) is 0 Å². The van der Waals surface area contributed by atoms with E-state index < -0.39 is 0 Å². The van der Waals surface area contributed by atoms with E-state index in [1.807, 2.05) is 0 Å². The van der Waals surface area contributed by atoms with Crippen molar-refractivity contribution in [1.29, 1.82) is 0 Å². The molecule has 1 fully saturated rings. The lowest BCUT2D eigenvalue weighted by molar-refractivity contribution is 0.631. The molecule has 0 bridgehead atoms. The number of hydrogen-bond donors (Lipinski definition) is 0. The van der Waals surface area contributed by atoms with Crippen molar-refractivity contribution in [3.8, 4) is 0 Å². The molecule has 0 saturated carbocycles. The molecule has 3 aromatic rings. The first-order valence-electron chi connectivity index (χ1n) is 9.93. The van der Waals surface area contributed by atoms with Crippen molar-refractivity contribution in [3.63, 3.8) is 0 Å². The van der Waals surface area contributed by atoms with Crippen molar-refractivity contribution < 1.29 is 0 Å². The number of para-hydroxylation sites is 1. The van der Waals surface area contributed by atoms with Crippen molar-refractivity contribution in [2.75, 3.05) is 47.4 Å². The summed E-state index contributed by atoms with van der Waals surface area (Å²) >= 11 is 0. The van der Waals surface area contributed by atoms with Gasteiger partial charge in [-0.15, -0.1) is 5.10 Å². The molecule has 0 atom stereocenters. The topological polar surface area (TPSA) is 48.4 Å². The third-order valence-corrected chi connectivity index (χ3v) is 5.67. The summed E-state index contributed by atoms with van der Waals surface area (Å²) in [6.45, 7) is 5.60. The SMILES string of the molecule is c1ccc(N2CCN(c3nncc(N4CCc5ccccc5C4)n3)CC2)cc1. The maximum atomic E-state index is 4.85. The van der Waals surface area contributed by atoms with Crippen LogP contribution in [0.1, 0.15) is 11.1 Å². The minimum atomic E-state index is 0.740. The highest BCUT2D eigenvalue weighted by atomic mass is 15.4. The minimum absolute atomic E-state index is 0.740. The maximum absolute atomic E-state index is 4.85. The molecule has 0 N–H and O–H groups in total. The molecule has 0 radical (unpaired) electrons. The van der Waals surface area contributed by atoms with Crippen LogP contribution in [-0.2, 0) is 13.0 Å². The zero-order valence-corrected chi connectivity index (χ0v) is 15.9. The Morgan fingerprint density at radius 1 is 0.679 bits per heavy atom. The average Bonchev–Trinajstić information content (AvgIpc) is 2.79. The van der Waals surface area contributed by atoms with Crippen LogP contribution in [0, 0.1) is 0 Å². The summed E-state index contributed by atoms with van der Waals surface area (Å²) in [6, 6.07) is 19.2. The number of fused-ring (bicyclic) bond motifs is 1. The number of benzene rings is 2. The van der Waals surface area contributed by atoms with Crippen molar-refractivity contribution >= 4 is 17.5 Å². The third-order valence-electron chi connectivity index (χ3n) is 5.67. The van der Waals surface area contributed by atoms with Crippen molar-refractivity contribution in [3.05, 3.63) is 71.9 Å². The van der Waals surface area contributed by atoms with Gasteiger partial charge in [-0.1, -0.05) is 42.5 Å². The molecule has 2 aliphatic rings. The van der Waals surface area contributed by atoms with Gasteiger partial charge in [0.25, 0.3) is 0 Å². The number of anilines is 3. The Bertz CT molecular complexity index is 937. The van der Waals surface area contributed by atoms with Crippen LogP contribution in [-0.4, -0.2) is 47.9 Å². The molecule has 142 valence electrons. The van der Waals surface area contributed by atoms with Gasteiger partial charge in [0.1, 0.15) is 0 Å². The predicted octanol–water partition coefficient (Wildman–Crippen LogP) is 2.76. The standard InChI is InChI=1S/C22H24N6/c1-2-8-20(9-3-1)26-12-14-27(15-13-26)22-24-21(16-23-25-22)28-11-10-18-6-4-5-7-19(18)17-28/h1-9,16H,10-15,17H2. The Labute approximate surface area is 165 Å². The van der Waals surface area contributed by atoms with Gasteiger partial charge in [-0.05, 0) is 29.7 Å². The van der Waals surface area contributed by atoms with Gasteiger partial charge < -0.3 is 14.7 Å². The first-order chi connectivity index (χ1) is 13.9. The van der Waals surface area contributed by atoms with Gasteiger partial charge in [0, 0.05) is 45.0 Å². The predicted molar refractivity (Wildman–Crippen MR) is 112 cm³/mol. The Hall–Kier alpha value is -3.15. The van der Waals surface area contributed by atoms with Gasteiger partial charge in [-0.2, -0.15) is 10.1 Å². The molecule has 1 aromatic heterocycles. The normalized spacial score (nSPS) is 16.8. The van der Waals surface area contributed by atoms with Gasteiger partial charge in [0.2, 0.25) is 5.95 Å². The summed E-state index contributed by atoms with van der Waals surface area (Å²) in [4.78, 5) is 11.8. The second-order valence-corrected chi connectivity index (χ2v) is 7.36. The molecule has 3 heterocycles. The lowest BCUT2D eigenvalue weighted by Crippen LogP contribution is -2.47. The molecule has 0 aliphatic carbocycles. The molecule has 0 unspecified atom stereocenters. The fourth-order valence-corrected chi connectivity index (χ4v) is 4.07. The van der Waals surface area contributed by atoms with Crippen LogP contribution in [0.5, 0.6) is 0 Å². The Balaban J connectivity index is 1.28. The molecular weight excluding hydrogens is 348 g/mol. The van der Waals surface area contributed by atoms with Crippen LogP contribution in [0.2, 0.25) is 0 Å². The minimum Gasteiger partial charge on any atom is -0.368 e. The van der Waals surface area contributed by atoms with Crippen LogP contribution < -0.4 is 14.7 Å². The smallest absolute Gasteiger partial charge is 0.247 e. The van der Waals surface area contributed by atoms with Gasteiger partial charge >= 0.3 is 0 Å². The van der Waals surface area contributed by atoms with Gasteiger partial charge in [0.05, 0.1) is 6.20 Å². The summed E-state index contributed by atoms with van der Waals surface area (Å²) in [6.07, 6.45) is 2.84. The van der Waals surface area contributed by atoms with Crippen LogP contribution in [0.3, 0.4) is 0 Å². The van der Waals surface area contributed by atoms with Crippen LogP contribution in [0.4, 0.5) is 17.5 Å². The number of rotatable bonds is 3. The number of hydrogen-bond acceptors (Lipinski definition) is 6. The fraction of sp³-hybridized carbons (Fsp3) is 0.318. The van der Waals surface area contributed by atoms with E-state index in [-0.39, 0.29) is 0 Å². The van der Waals surface area contributed by atoms with Crippen LogP contribution >= 0.6 is 0 Å². The molecule has 0 amide bonds. The van der Waals surface area contributed by atoms with Crippen LogP contribution in [0.15, 0.2) is 60.8 Å². The number of nitrogens with zero attached hydrogens (tertiary/aromatic N) is 6. The summed E-state index contributed by atoms with van der Waals surface area (Å²) in [5.41, 5.74) is 4.10. The molecule has 28 heavy (non-hydrogen) atoms. The number of piperazine rings is 1. The Kier molecular flexibility index (Phi) is 4.53. The lowest BCUT2D eigenvalue weighted by atomic mass is 10.0. The van der Waals surface area contributed by atoms with Crippen LogP contribution in [0.25, 0.3) is 0 Å². The highest BCUT2D eigenvalue weighted by Crippen LogP contribution is 2.24. The summed E-state index contributed by atoms with van der Waals surface area (Å²) in [5, 5.41) is 8.58. The molecular formula is C22H24N6. The van der Waals surface area contributed by atoms with Crippen molar-refractivity contribution in [2.45, 2.75) is 13.0 Å². The Morgan fingerprint density at radius 3 is 2.21 bits per heavy atom. The molecule has 1 saturated heterocycles. The number of aromatic nitrogens is 3. The fourth-order valence-electron chi connectivity index (χ4n) is 4.07. The molecule has 6 heteroatoms. The van der Waals surface area contributed by atoms with E-state index in [1.54, 1.807) is 6.20 Å². The summed E-state index contributed by atoms with van der Waals surface area (Å²) in [5.74, 6) is 1.66. The summed E-state index contributed by atoms with van der Waals surface area (Å²) in [7, 11) is 0.